The second-order valence-corrected chi connectivity index (χ2v) is 6.87. The SMILES string of the molecule is CCN(CC(C)C)S(=O)(=O)c1cnn(CCCN)c1. The molecule has 0 amide bonds. The summed E-state index contributed by atoms with van der Waals surface area (Å²) in [4.78, 5) is 0.257. The average Bonchev–Trinajstić information content (AvgIpc) is 2.82. The molecule has 0 atom stereocenters. The Kier molecular flexibility index (Phi) is 5.96. The van der Waals surface area contributed by atoms with Crippen LogP contribution >= 0.6 is 0 Å². The van der Waals surface area contributed by atoms with Gasteiger partial charge in [0, 0.05) is 25.8 Å². The number of nitrogens with zero attached hydrogens (tertiary/aromatic N) is 3. The zero-order valence-electron chi connectivity index (χ0n) is 11.9. The molecular weight excluding hydrogens is 264 g/mol. The first kappa shape index (κ1) is 16.1. The topological polar surface area (TPSA) is 81.2 Å². The van der Waals surface area contributed by atoms with E-state index < -0.39 is 10.0 Å². The molecule has 0 saturated heterocycles. The van der Waals surface area contributed by atoms with Crippen LogP contribution in [0.3, 0.4) is 0 Å². The molecule has 0 fully saturated rings. The van der Waals surface area contributed by atoms with Crippen molar-refractivity contribution in [1.29, 1.82) is 0 Å². The van der Waals surface area contributed by atoms with Crippen LogP contribution in [0.4, 0.5) is 0 Å². The van der Waals surface area contributed by atoms with Crippen LogP contribution in [0.5, 0.6) is 0 Å². The lowest BCUT2D eigenvalue weighted by molar-refractivity contribution is 0.381. The summed E-state index contributed by atoms with van der Waals surface area (Å²) in [5.74, 6) is 0.294. The molecule has 0 radical (unpaired) electrons. The highest BCUT2D eigenvalue weighted by atomic mass is 32.2. The monoisotopic (exact) mass is 288 g/mol. The third kappa shape index (κ3) is 4.29. The summed E-state index contributed by atoms with van der Waals surface area (Å²) in [6.07, 6.45) is 3.77. The van der Waals surface area contributed by atoms with Crippen molar-refractivity contribution in [3.63, 3.8) is 0 Å². The van der Waals surface area contributed by atoms with Gasteiger partial charge < -0.3 is 5.73 Å². The van der Waals surface area contributed by atoms with Gasteiger partial charge in [0.15, 0.2) is 0 Å². The third-order valence-electron chi connectivity index (χ3n) is 2.76. The Morgan fingerprint density at radius 1 is 1.47 bits per heavy atom. The van der Waals surface area contributed by atoms with Gasteiger partial charge in [0.25, 0.3) is 0 Å². The van der Waals surface area contributed by atoms with Crippen LogP contribution in [-0.4, -0.2) is 42.1 Å². The van der Waals surface area contributed by atoms with Crippen LogP contribution in [-0.2, 0) is 16.6 Å². The maximum absolute atomic E-state index is 12.4. The predicted octanol–water partition coefficient (Wildman–Crippen LogP) is 0.899. The molecule has 0 spiro atoms. The fourth-order valence-corrected chi connectivity index (χ4v) is 3.37. The normalized spacial score (nSPS) is 12.5. The first-order valence-electron chi connectivity index (χ1n) is 6.64. The first-order valence-corrected chi connectivity index (χ1v) is 8.08. The van der Waals surface area contributed by atoms with E-state index in [1.54, 1.807) is 10.9 Å². The molecule has 0 unspecified atom stereocenters. The van der Waals surface area contributed by atoms with E-state index in [0.29, 0.717) is 32.1 Å². The molecule has 2 N–H and O–H groups in total. The summed E-state index contributed by atoms with van der Waals surface area (Å²) < 4.78 is 28.0. The van der Waals surface area contributed by atoms with Crippen molar-refractivity contribution in [2.45, 2.75) is 38.6 Å². The minimum absolute atomic E-state index is 0.257. The molecule has 0 saturated carbocycles. The molecule has 7 heteroatoms. The number of aromatic nitrogens is 2. The molecule has 1 rings (SSSR count). The third-order valence-corrected chi connectivity index (χ3v) is 4.65. The van der Waals surface area contributed by atoms with Gasteiger partial charge in [0.05, 0.1) is 6.20 Å². The smallest absolute Gasteiger partial charge is 0.246 e. The highest BCUT2D eigenvalue weighted by Crippen LogP contribution is 2.16. The second kappa shape index (κ2) is 7.02. The van der Waals surface area contributed by atoms with Crippen LogP contribution in [0.2, 0.25) is 0 Å². The van der Waals surface area contributed by atoms with E-state index in [2.05, 4.69) is 5.10 Å². The minimum atomic E-state index is -3.43. The van der Waals surface area contributed by atoms with Gasteiger partial charge >= 0.3 is 0 Å². The predicted molar refractivity (Wildman–Crippen MR) is 75.2 cm³/mol. The maximum Gasteiger partial charge on any atom is 0.246 e. The van der Waals surface area contributed by atoms with Gasteiger partial charge in [-0.15, -0.1) is 0 Å². The number of hydrogen-bond donors (Lipinski definition) is 1. The van der Waals surface area contributed by atoms with E-state index >= 15 is 0 Å². The van der Waals surface area contributed by atoms with Crippen molar-refractivity contribution in [3.05, 3.63) is 12.4 Å². The lowest BCUT2D eigenvalue weighted by Gasteiger charge is -2.21. The zero-order chi connectivity index (χ0) is 14.5. The Labute approximate surface area is 115 Å². The van der Waals surface area contributed by atoms with E-state index in [4.69, 9.17) is 5.73 Å². The van der Waals surface area contributed by atoms with Crippen LogP contribution < -0.4 is 5.73 Å². The largest absolute Gasteiger partial charge is 0.330 e. The van der Waals surface area contributed by atoms with Crippen molar-refractivity contribution < 1.29 is 8.42 Å². The molecule has 6 nitrogen and oxygen atoms in total. The van der Waals surface area contributed by atoms with Crippen molar-refractivity contribution in [1.82, 2.24) is 14.1 Å². The lowest BCUT2D eigenvalue weighted by Crippen LogP contribution is -2.33. The Morgan fingerprint density at radius 3 is 2.68 bits per heavy atom. The van der Waals surface area contributed by atoms with Crippen molar-refractivity contribution >= 4 is 10.0 Å². The molecule has 0 aliphatic heterocycles. The van der Waals surface area contributed by atoms with Gasteiger partial charge in [0.1, 0.15) is 4.90 Å². The Balaban J connectivity index is 2.89. The van der Waals surface area contributed by atoms with Crippen LogP contribution in [0.25, 0.3) is 0 Å². The fourth-order valence-electron chi connectivity index (χ4n) is 1.81. The minimum Gasteiger partial charge on any atom is -0.330 e. The summed E-state index contributed by atoms with van der Waals surface area (Å²) in [5, 5.41) is 4.07. The standard InChI is InChI=1S/C12H24N4O2S/c1-4-16(9-11(2)3)19(17,18)12-8-14-15(10-12)7-5-6-13/h8,10-11H,4-7,9,13H2,1-3H3. The molecule has 0 bridgehead atoms. The van der Waals surface area contributed by atoms with Gasteiger partial charge in [-0.3, -0.25) is 4.68 Å². The summed E-state index contributed by atoms with van der Waals surface area (Å²) in [6.45, 7) is 8.05. The summed E-state index contributed by atoms with van der Waals surface area (Å²) in [6, 6.07) is 0. The number of hydrogen-bond acceptors (Lipinski definition) is 4. The van der Waals surface area contributed by atoms with Crippen LogP contribution in [0.15, 0.2) is 17.3 Å². The summed E-state index contributed by atoms with van der Waals surface area (Å²) in [7, 11) is -3.43. The summed E-state index contributed by atoms with van der Waals surface area (Å²) in [5.41, 5.74) is 5.43. The number of sulfonamides is 1. The van der Waals surface area contributed by atoms with Crippen LogP contribution in [0, 0.1) is 5.92 Å². The Bertz CT molecular complexity index is 482. The average molecular weight is 288 g/mol. The number of nitrogens with two attached hydrogens (primary N) is 1. The molecule has 19 heavy (non-hydrogen) atoms. The van der Waals surface area contributed by atoms with Gasteiger partial charge in [-0.25, -0.2) is 8.42 Å². The van der Waals surface area contributed by atoms with E-state index in [-0.39, 0.29) is 4.90 Å². The lowest BCUT2D eigenvalue weighted by atomic mass is 10.2. The van der Waals surface area contributed by atoms with E-state index in [1.165, 1.54) is 10.5 Å². The van der Waals surface area contributed by atoms with Gasteiger partial charge in [-0.05, 0) is 18.9 Å². The van der Waals surface area contributed by atoms with Gasteiger partial charge in [-0.2, -0.15) is 9.40 Å². The molecule has 1 heterocycles. The molecule has 1 aromatic heterocycles. The zero-order valence-corrected chi connectivity index (χ0v) is 12.7. The molecule has 0 aliphatic rings. The number of aryl methyl sites for hydroxylation is 1. The first-order chi connectivity index (χ1) is 8.91. The fraction of sp³-hybridized carbons (Fsp3) is 0.750. The quantitative estimate of drug-likeness (QED) is 0.770. The van der Waals surface area contributed by atoms with Gasteiger partial charge in [-0.1, -0.05) is 20.8 Å². The molecule has 0 aromatic carbocycles. The Morgan fingerprint density at radius 2 is 2.16 bits per heavy atom. The van der Waals surface area contributed by atoms with E-state index in [0.717, 1.165) is 6.42 Å². The van der Waals surface area contributed by atoms with Gasteiger partial charge in [0.2, 0.25) is 10.0 Å². The highest BCUT2D eigenvalue weighted by molar-refractivity contribution is 7.89. The van der Waals surface area contributed by atoms with Crippen molar-refractivity contribution in [2.24, 2.45) is 11.7 Å². The molecule has 1 aromatic rings. The van der Waals surface area contributed by atoms with E-state index in [9.17, 15) is 8.42 Å². The molecule has 0 aliphatic carbocycles. The van der Waals surface area contributed by atoms with E-state index in [1.807, 2.05) is 20.8 Å². The van der Waals surface area contributed by atoms with Crippen molar-refractivity contribution in [3.8, 4) is 0 Å². The summed E-state index contributed by atoms with van der Waals surface area (Å²) >= 11 is 0. The number of rotatable bonds is 8. The Hall–Kier alpha value is -0.920. The molecular formula is C12H24N4O2S. The van der Waals surface area contributed by atoms with Crippen LogP contribution in [0.1, 0.15) is 27.2 Å². The maximum atomic E-state index is 12.4. The van der Waals surface area contributed by atoms with Crippen molar-refractivity contribution in [2.75, 3.05) is 19.6 Å². The second-order valence-electron chi connectivity index (χ2n) is 4.93. The highest BCUT2D eigenvalue weighted by Gasteiger charge is 2.25. The molecule has 110 valence electrons.